The molecule has 0 spiro atoms. The summed E-state index contributed by atoms with van der Waals surface area (Å²) in [6.45, 7) is 7.93. The molecule has 2 heterocycles. The van der Waals surface area contributed by atoms with Crippen molar-refractivity contribution >= 4 is 23.4 Å². The van der Waals surface area contributed by atoms with E-state index in [0.29, 0.717) is 35.7 Å². The molecule has 2 amide bonds. The summed E-state index contributed by atoms with van der Waals surface area (Å²) in [7, 11) is 0. The predicted octanol–water partition coefficient (Wildman–Crippen LogP) is 4.36. The molecule has 1 aliphatic carbocycles. The van der Waals surface area contributed by atoms with Crippen LogP contribution in [0.5, 0.6) is 0 Å². The van der Waals surface area contributed by atoms with Gasteiger partial charge in [-0.1, -0.05) is 30.3 Å². The van der Waals surface area contributed by atoms with Crippen LogP contribution < -0.4 is 16.6 Å². The van der Waals surface area contributed by atoms with Crippen molar-refractivity contribution in [2.75, 3.05) is 6.61 Å². The molecule has 206 valence electrons. The Kier molecular flexibility index (Phi) is 9.22. The lowest BCUT2D eigenvalue weighted by Crippen LogP contribution is -2.37. The second kappa shape index (κ2) is 12.6. The lowest BCUT2D eigenvalue weighted by Gasteiger charge is -2.25. The van der Waals surface area contributed by atoms with Gasteiger partial charge in [0.25, 0.3) is 5.56 Å². The molecule has 1 aliphatic heterocycles. The van der Waals surface area contributed by atoms with Crippen LogP contribution in [0.25, 0.3) is 11.1 Å². The maximum absolute atomic E-state index is 13.5. The number of primary amides is 1. The molecule has 0 radical (unpaired) electrons. The van der Waals surface area contributed by atoms with Gasteiger partial charge >= 0.3 is 0 Å². The highest BCUT2D eigenvalue weighted by Gasteiger charge is 2.27. The van der Waals surface area contributed by atoms with Crippen molar-refractivity contribution in [3.8, 4) is 11.1 Å². The van der Waals surface area contributed by atoms with Gasteiger partial charge in [-0.25, -0.2) is 0 Å². The molecule has 3 N–H and O–H groups in total. The molecule has 0 unspecified atom stereocenters. The fourth-order valence-electron chi connectivity index (χ4n) is 4.44. The van der Waals surface area contributed by atoms with Crippen LogP contribution in [0.4, 0.5) is 0 Å². The number of carbonyl (C=O) groups is 2. The Balaban J connectivity index is 1.71. The van der Waals surface area contributed by atoms with Crippen LogP contribution in [0.15, 0.2) is 71.3 Å². The average molecular weight is 552 g/mol. The summed E-state index contributed by atoms with van der Waals surface area (Å²) < 4.78 is 13.3. The molecule has 9 heteroatoms. The molecule has 0 bridgehead atoms. The van der Waals surface area contributed by atoms with Crippen molar-refractivity contribution in [2.24, 2.45) is 5.73 Å². The Morgan fingerprint density at radius 3 is 2.69 bits per heavy atom. The monoisotopic (exact) mass is 551 g/mol. The van der Waals surface area contributed by atoms with E-state index in [9.17, 15) is 14.4 Å². The lowest BCUT2D eigenvalue weighted by atomic mass is 9.92. The summed E-state index contributed by atoms with van der Waals surface area (Å²) in [5, 5.41) is 3.40. The van der Waals surface area contributed by atoms with Gasteiger partial charge in [-0.2, -0.15) is 0 Å². The van der Waals surface area contributed by atoms with Crippen molar-refractivity contribution in [3.63, 3.8) is 0 Å². The molecule has 2 atom stereocenters. The van der Waals surface area contributed by atoms with E-state index in [2.05, 4.69) is 11.9 Å². The summed E-state index contributed by atoms with van der Waals surface area (Å²) in [5.74, 6) is -0.973. The van der Waals surface area contributed by atoms with Crippen molar-refractivity contribution < 1.29 is 19.1 Å². The highest BCUT2D eigenvalue weighted by molar-refractivity contribution is 6.30. The van der Waals surface area contributed by atoms with Crippen LogP contribution in [-0.4, -0.2) is 35.2 Å². The molecule has 1 saturated carbocycles. The average Bonchev–Trinajstić information content (AvgIpc) is 3.72. The van der Waals surface area contributed by atoms with Crippen molar-refractivity contribution in [3.05, 3.63) is 93.0 Å². The third-order valence-corrected chi connectivity index (χ3v) is 7.09. The normalized spacial score (nSPS) is 18.3. The lowest BCUT2D eigenvalue weighted by molar-refractivity contribution is -0.124. The summed E-state index contributed by atoms with van der Waals surface area (Å²) in [6.07, 6.45) is 9.37. The molecule has 4 rings (SSSR count). The topological polar surface area (TPSA) is 113 Å². The molecule has 2 aromatic rings. The zero-order valence-corrected chi connectivity index (χ0v) is 23.0. The fourth-order valence-corrected chi connectivity index (χ4v) is 4.61. The van der Waals surface area contributed by atoms with E-state index in [-0.39, 0.29) is 24.4 Å². The fraction of sp³-hybridized carbons (Fsp3) is 0.367. The SMILES string of the molecule is C=C/C(=C\C=C(/C)C(N)=O)NC(=O)[C@H](CCOC1CC1)n1cc2c(cc1=O)-c1cc(Cl)ccc1C[C@@H](C)OC2. The minimum atomic E-state index is -0.854. The molecule has 2 aliphatic rings. The molecule has 39 heavy (non-hydrogen) atoms. The number of hydrogen-bond donors (Lipinski definition) is 2. The van der Waals surface area contributed by atoms with Crippen LogP contribution in [0.1, 0.15) is 50.3 Å². The first-order valence-corrected chi connectivity index (χ1v) is 13.4. The predicted molar refractivity (Wildman–Crippen MR) is 151 cm³/mol. The summed E-state index contributed by atoms with van der Waals surface area (Å²) in [4.78, 5) is 38.4. The number of benzene rings is 1. The number of pyridine rings is 1. The van der Waals surface area contributed by atoms with Crippen LogP contribution in [0.3, 0.4) is 0 Å². The van der Waals surface area contributed by atoms with Crippen molar-refractivity contribution in [2.45, 2.75) is 64.4 Å². The number of carbonyl (C=O) groups excluding carboxylic acids is 2. The van der Waals surface area contributed by atoms with Gasteiger partial charge in [-0.3, -0.25) is 14.4 Å². The van der Waals surface area contributed by atoms with E-state index in [1.54, 1.807) is 25.3 Å². The molecule has 1 aromatic carbocycles. The molecular weight excluding hydrogens is 518 g/mol. The summed E-state index contributed by atoms with van der Waals surface area (Å²) >= 11 is 6.32. The number of amides is 2. The highest BCUT2D eigenvalue weighted by Crippen LogP contribution is 2.33. The maximum Gasteiger partial charge on any atom is 0.251 e. The number of fused-ring (bicyclic) bond motifs is 3. The summed E-state index contributed by atoms with van der Waals surface area (Å²) in [5.41, 5.74) is 9.12. The number of hydrogen-bond acceptors (Lipinski definition) is 5. The Bertz CT molecular complexity index is 1390. The van der Waals surface area contributed by atoms with Gasteiger partial charge in [0, 0.05) is 47.1 Å². The number of ether oxygens (including phenoxy) is 2. The molecule has 1 fully saturated rings. The number of allylic oxidation sites excluding steroid dienone is 3. The minimum absolute atomic E-state index is 0.0401. The van der Waals surface area contributed by atoms with E-state index in [1.165, 1.54) is 16.7 Å². The zero-order chi connectivity index (χ0) is 28.1. The van der Waals surface area contributed by atoms with E-state index in [1.807, 2.05) is 25.1 Å². The maximum atomic E-state index is 13.5. The van der Waals surface area contributed by atoms with Gasteiger partial charge in [-0.15, -0.1) is 0 Å². The van der Waals surface area contributed by atoms with Gasteiger partial charge < -0.3 is 25.1 Å². The van der Waals surface area contributed by atoms with Gasteiger partial charge in [-0.05, 0) is 74.1 Å². The second-order valence-electron chi connectivity index (χ2n) is 9.99. The highest BCUT2D eigenvalue weighted by atomic mass is 35.5. The first-order valence-electron chi connectivity index (χ1n) is 13.0. The third kappa shape index (κ3) is 7.35. The van der Waals surface area contributed by atoms with Crippen molar-refractivity contribution in [1.82, 2.24) is 9.88 Å². The number of nitrogens with two attached hydrogens (primary N) is 1. The Morgan fingerprint density at radius 1 is 1.26 bits per heavy atom. The number of aromatic nitrogens is 1. The van der Waals surface area contributed by atoms with Crippen LogP contribution >= 0.6 is 11.6 Å². The van der Waals surface area contributed by atoms with Crippen LogP contribution in [0, 0.1) is 0 Å². The minimum Gasteiger partial charge on any atom is -0.378 e. The number of nitrogens with zero attached hydrogens (tertiary/aromatic N) is 1. The smallest absolute Gasteiger partial charge is 0.251 e. The van der Waals surface area contributed by atoms with E-state index in [4.69, 9.17) is 26.8 Å². The quantitative estimate of drug-likeness (QED) is 0.336. The standard InChI is InChI=1S/C30H34ClN3O5/c1-4-23(8-5-18(2)29(32)36)33-30(37)27(11-12-38-24-9-10-24)34-16-21-17-39-19(3)13-20-6-7-22(31)14-25(20)26(21)15-28(34)35/h4-8,14-16,19,24,27H,1,9-13,17H2,2-3H3,(H2,32,36)(H,33,37)/b18-5+,23-8+/t19-,27+/m1/s1. The van der Waals surface area contributed by atoms with Crippen LogP contribution in [-0.2, 0) is 32.1 Å². The number of rotatable bonds is 10. The van der Waals surface area contributed by atoms with Crippen LogP contribution in [0.2, 0.25) is 5.02 Å². The van der Waals surface area contributed by atoms with Gasteiger partial charge in [0.15, 0.2) is 0 Å². The van der Waals surface area contributed by atoms with E-state index in [0.717, 1.165) is 35.1 Å². The largest absolute Gasteiger partial charge is 0.378 e. The van der Waals surface area contributed by atoms with E-state index < -0.39 is 17.9 Å². The first-order chi connectivity index (χ1) is 18.7. The van der Waals surface area contributed by atoms with E-state index >= 15 is 0 Å². The molecule has 8 nitrogen and oxygen atoms in total. The van der Waals surface area contributed by atoms with Gasteiger partial charge in [0.1, 0.15) is 6.04 Å². The molecule has 1 aromatic heterocycles. The molecule has 0 saturated heterocycles. The van der Waals surface area contributed by atoms with Crippen molar-refractivity contribution in [1.29, 1.82) is 0 Å². The molecular formula is C30H34ClN3O5. The van der Waals surface area contributed by atoms with Gasteiger partial charge in [0.2, 0.25) is 11.8 Å². The number of nitrogens with one attached hydrogen (secondary N) is 1. The zero-order valence-electron chi connectivity index (χ0n) is 22.2. The first kappa shape index (κ1) is 28.5. The second-order valence-corrected chi connectivity index (χ2v) is 10.4. The third-order valence-electron chi connectivity index (χ3n) is 6.85. The Labute approximate surface area is 233 Å². The summed E-state index contributed by atoms with van der Waals surface area (Å²) in [6, 6.07) is 6.36. The van der Waals surface area contributed by atoms with Gasteiger partial charge in [0.05, 0.1) is 18.8 Å². The number of halogens is 1. The Morgan fingerprint density at radius 2 is 2.00 bits per heavy atom. The Hall–Kier alpha value is -3.46.